The standard InChI is InChI=1S/C23H20ClN3O4/c1-15-13-21-26-23(28)18(22(25)27(21)31-15)14-16-7-9-17(10-8-16)29-11-4-12-30-20-6-3-2-5-19(20)24/h2-3,5-10,13-14,25H,4,11-12H2,1H3/b18-14-,25-22?. The first kappa shape index (κ1) is 20.7. The number of carbonyl (C=O) groups excluding carboxylic acids is 1. The molecule has 0 saturated heterocycles. The lowest BCUT2D eigenvalue weighted by Crippen LogP contribution is -2.38. The van der Waals surface area contributed by atoms with Gasteiger partial charge in [0, 0.05) is 12.5 Å². The number of halogens is 1. The quantitative estimate of drug-likeness (QED) is 0.504. The Balaban J connectivity index is 1.30. The van der Waals surface area contributed by atoms with Crippen LogP contribution in [-0.2, 0) is 9.63 Å². The van der Waals surface area contributed by atoms with Crippen LogP contribution in [0.15, 0.2) is 70.9 Å². The number of ether oxygens (including phenoxy) is 2. The Bertz CT molecular complexity index is 1110. The van der Waals surface area contributed by atoms with E-state index in [2.05, 4.69) is 4.99 Å². The van der Waals surface area contributed by atoms with E-state index in [-0.39, 0.29) is 11.4 Å². The minimum atomic E-state index is -0.468. The number of amidine groups is 2. The van der Waals surface area contributed by atoms with Crippen LogP contribution in [0.3, 0.4) is 0 Å². The number of hydrogen-bond acceptors (Lipinski definition) is 5. The monoisotopic (exact) mass is 437 g/mol. The summed E-state index contributed by atoms with van der Waals surface area (Å²) in [4.78, 5) is 21.7. The van der Waals surface area contributed by atoms with Crippen molar-refractivity contribution in [2.24, 2.45) is 4.99 Å². The second-order valence-corrected chi connectivity index (χ2v) is 7.28. The molecule has 0 spiro atoms. The van der Waals surface area contributed by atoms with Gasteiger partial charge in [-0.25, -0.2) is 0 Å². The van der Waals surface area contributed by atoms with Gasteiger partial charge >= 0.3 is 0 Å². The molecule has 31 heavy (non-hydrogen) atoms. The van der Waals surface area contributed by atoms with E-state index in [4.69, 9.17) is 31.3 Å². The molecule has 2 aliphatic rings. The van der Waals surface area contributed by atoms with Crippen LogP contribution in [-0.4, -0.2) is 35.9 Å². The number of fused-ring (bicyclic) bond motifs is 1. The lowest BCUT2D eigenvalue weighted by Gasteiger charge is -2.22. The first-order valence-corrected chi connectivity index (χ1v) is 10.1. The molecule has 158 valence electrons. The molecule has 0 atom stereocenters. The van der Waals surface area contributed by atoms with Crippen LogP contribution in [0.1, 0.15) is 18.9 Å². The highest BCUT2D eigenvalue weighted by Gasteiger charge is 2.34. The minimum absolute atomic E-state index is 0.0399. The van der Waals surface area contributed by atoms with Crippen LogP contribution < -0.4 is 9.47 Å². The Morgan fingerprint density at radius 1 is 1.13 bits per heavy atom. The normalized spacial score (nSPS) is 16.6. The molecule has 2 aromatic carbocycles. The van der Waals surface area contributed by atoms with E-state index in [1.807, 2.05) is 42.5 Å². The second kappa shape index (κ2) is 9.06. The van der Waals surface area contributed by atoms with Gasteiger partial charge in [0.2, 0.25) is 0 Å². The van der Waals surface area contributed by atoms with Gasteiger partial charge in [-0.2, -0.15) is 4.99 Å². The van der Waals surface area contributed by atoms with E-state index in [0.717, 1.165) is 5.56 Å². The average Bonchev–Trinajstić information content (AvgIpc) is 3.13. The topological polar surface area (TPSA) is 84.2 Å². The van der Waals surface area contributed by atoms with Crippen molar-refractivity contribution in [1.29, 1.82) is 5.41 Å². The molecule has 2 aromatic rings. The number of hydrogen-bond donors (Lipinski definition) is 1. The Labute approximate surface area is 184 Å². The highest BCUT2D eigenvalue weighted by atomic mass is 35.5. The summed E-state index contributed by atoms with van der Waals surface area (Å²) < 4.78 is 11.4. The van der Waals surface area contributed by atoms with Crippen molar-refractivity contribution in [1.82, 2.24) is 5.06 Å². The van der Waals surface area contributed by atoms with E-state index in [1.165, 1.54) is 5.06 Å². The van der Waals surface area contributed by atoms with Crippen molar-refractivity contribution in [3.63, 3.8) is 0 Å². The van der Waals surface area contributed by atoms with Crippen molar-refractivity contribution >= 4 is 35.3 Å². The van der Waals surface area contributed by atoms with Gasteiger partial charge in [-0.15, -0.1) is 5.06 Å². The zero-order valence-electron chi connectivity index (χ0n) is 16.8. The number of rotatable bonds is 7. The summed E-state index contributed by atoms with van der Waals surface area (Å²) in [5, 5.41) is 10.1. The third kappa shape index (κ3) is 4.78. The number of nitrogens with zero attached hydrogens (tertiary/aromatic N) is 2. The number of carbonyl (C=O) groups is 1. The highest BCUT2D eigenvalue weighted by Crippen LogP contribution is 2.25. The molecule has 4 rings (SSSR count). The predicted molar refractivity (Wildman–Crippen MR) is 118 cm³/mol. The van der Waals surface area contributed by atoms with Crippen LogP contribution in [0.25, 0.3) is 6.08 Å². The molecular formula is C23H20ClN3O4. The first-order chi connectivity index (χ1) is 15.0. The molecule has 0 unspecified atom stereocenters. The maximum absolute atomic E-state index is 12.3. The van der Waals surface area contributed by atoms with E-state index >= 15 is 0 Å². The molecule has 0 aliphatic carbocycles. The number of benzene rings is 2. The number of allylic oxidation sites excluding steroid dienone is 1. The molecule has 0 fully saturated rings. The zero-order valence-corrected chi connectivity index (χ0v) is 17.6. The van der Waals surface area contributed by atoms with Crippen molar-refractivity contribution in [2.45, 2.75) is 13.3 Å². The molecule has 1 amide bonds. The first-order valence-electron chi connectivity index (χ1n) is 9.71. The third-order valence-corrected chi connectivity index (χ3v) is 4.84. The number of amides is 1. The van der Waals surface area contributed by atoms with E-state index < -0.39 is 5.91 Å². The van der Waals surface area contributed by atoms with Gasteiger partial charge in [0.05, 0.1) is 23.8 Å². The fourth-order valence-corrected chi connectivity index (χ4v) is 3.21. The number of hydroxylamine groups is 2. The number of para-hydroxylation sites is 1. The fourth-order valence-electron chi connectivity index (χ4n) is 3.02. The average molecular weight is 438 g/mol. The van der Waals surface area contributed by atoms with Crippen molar-refractivity contribution in [2.75, 3.05) is 13.2 Å². The molecule has 0 aromatic heterocycles. The summed E-state index contributed by atoms with van der Waals surface area (Å²) in [5.41, 5.74) is 0.919. The van der Waals surface area contributed by atoms with Crippen molar-refractivity contribution < 1.29 is 19.1 Å². The third-order valence-electron chi connectivity index (χ3n) is 4.52. The zero-order chi connectivity index (χ0) is 21.8. The molecule has 0 radical (unpaired) electrons. The Hall–Kier alpha value is -3.58. The van der Waals surface area contributed by atoms with Crippen LogP contribution in [0.2, 0.25) is 5.02 Å². The minimum Gasteiger partial charge on any atom is -0.493 e. The van der Waals surface area contributed by atoms with Crippen LogP contribution in [0.4, 0.5) is 0 Å². The van der Waals surface area contributed by atoms with Gasteiger partial charge in [0.1, 0.15) is 17.3 Å². The second-order valence-electron chi connectivity index (χ2n) is 6.87. The van der Waals surface area contributed by atoms with Crippen molar-refractivity contribution in [3.05, 3.63) is 76.5 Å². The van der Waals surface area contributed by atoms with Crippen LogP contribution >= 0.6 is 11.6 Å². The van der Waals surface area contributed by atoms with Gasteiger partial charge in [-0.1, -0.05) is 35.9 Å². The van der Waals surface area contributed by atoms with Crippen LogP contribution in [0.5, 0.6) is 11.5 Å². The summed E-state index contributed by atoms with van der Waals surface area (Å²) in [6.45, 7) is 2.72. The Morgan fingerprint density at radius 2 is 1.87 bits per heavy atom. The summed E-state index contributed by atoms with van der Waals surface area (Å²) in [6, 6.07) is 14.6. The SMILES string of the molecule is CC1=CC2=NC(=O)/C(=C\c3ccc(OCCCOc4ccccc4Cl)cc3)C(=N)N2O1. The maximum Gasteiger partial charge on any atom is 0.282 e. The van der Waals surface area contributed by atoms with Gasteiger partial charge < -0.3 is 14.3 Å². The molecule has 1 N–H and O–H groups in total. The largest absolute Gasteiger partial charge is 0.493 e. The molecule has 8 heteroatoms. The highest BCUT2D eigenvalue weighted by molar-refractivity contribution is 6.32. The molecule has 0 saturated carbocycles. The van der Waals surface area contributed by atoms with E-state index in [1.54, 1.807) is 25.1 Å². The Kier molecular flexibility index (Phi) is 6.04. The van der Waals surface area contributed by atoms with Gasteiger partial charge in [-0.3, -0.25) is 10.2 Å². The molecule has 7 nitrogen and oxygen atoms in total. The summed E-state index contributed by atoms with van der Waals surface area (Å²) in [6.07, 6.45) is 3.93. The van der Waals surface area contributed by atoms with Gasteiger partial charge in [-0.05, 0) is 42.8 Å². The van der Waals surface area contributed by atoms with Gasteiger partial charge in [0.15, 0.2) is 11.7 Å². The molecular weight excluding hydrogens is 418 g/mol. The molecule has 0 bridgehead atoms. The summed E-state index contributed by atoms with van der Waals surface area (Å²) in [5.74, 6) is 1.76. The van der Waals surface area contributed by atoms with E-state index in [0.29, 0.717) is 47.8 Å². The van der Waals surface area contributed by atoms with Crippen molar-refractivity contribution in [3.8, 4) is 11.5 Å². The number of nitrogens with one attached hydrogen (secondary N) is 1. The van der Waals surface area contributed by atoms with E-state index in [9.17, 15) is 4.79 Å². The Morgan fingerprint density at radius 3 is 2.65 bits per heavy atom. The van der Waals surface area contributed by atoms with Gasteiger partial charge in [0.25, 0.3) is 5.91 Å². The molecule has 2 aliphatic heterocycles. The maximum atomic E-state index is 12.3. The summed E-state index contributed by atoms with van der Waals surface area (Å²) >= 11 is 6.05. The molecule has 2 heterocycles. The predicted octanol–water partition coefficient (Wildman–Crippen LogP) is 4.64. The smallest absolute Gasteiger partial charge is 0.282 e. The lowest BCUT2D eigenvalue weighted by atomic mass is 10.1. The number of aliphatic imine (C=N–C) groups is 1. The lowest BCUT2D eigenvalue weighted by molar-refractivity contribution is -0.114. The fraction of sp³-hybridized carbons (Fsp3) is 0.174. The van der Waals surface area contributed by atoms with Crippen LogP contribution in [0, 0.1) is 5.41 Å². The summed E-state index contributed by atoms with van der Waals surface area (Å²) in [7, 11) is 0.